The Labute approximate surface area is 125 Å². The van der Waals surface area contributed by atoms with E-state index in [0.29, 0.717) is 5.75 Å². The van der Waals surface area contributed by atoms with Gasteiger partial charge in [-0.3, -0.25) is 9.59 Å². The molecule has 2 unspecified atom stereocenters. The van der Waals surface area contributed by atoms with E-state index in [0.717, 1.165) is 12.2 Å². The highest BCUT2D eigenvalue weighted by atomic mass is 33.1. The van der Waals surface area contributed by atoms with E-state index in [1.165, 1.54) is 21.6 Å². The summed E-state index contributed by atoms with van der Waals surface area (Å²) in [5.74, 6) is 0.224. The standard InChI is InChI=1S/C11H20N2O3S3/c1-3-8(4-5-17-2)13-11(16)9(12)6-18-19-7-10(14)15/h3,8-9H,1,4-7,12H2,2H3,(H,13,16)(H,14,15). The van der Waals surface area contributed by atoms with Gasteiger partial charge in [0.05, 0.1) is 6.04 Å². The zero-order valence-electron chi connectivity index (χ0n) is 10.8. The molecule has 0 aliphatic heterocycles. The lowest BCUT2D eigenvalue weighted by Gasteiger charge is -2.17. The van der Waals surface area contributed by atoms with Crippen molar-refractivity contribution in [2.45, 2.75) is 18.5 Å². The number of hydrogen-bond acceptors (Lipinski definition) is 6. The summed E-state index contributed by atoms with van der Waals surface area (Å²) in [7, 11) is 2.47. The van der Waals surface area contributed by atoms with Crippen LogP contribution in [0.3, 0.4) is 0 Å². The third-order valence-corrected chi connectivity index (χ3v) is 5.03. The van der Waals surface area contributed by atoms with Crippen molar-refractivity contribution < 1.29 is 14.7 Å². The minimum atomic E-state index is -0.876. The van der Waals surface area contributed by atoms with Gasteiger partial charge in [-0.15, -0.1) is 6.58 Å². The van der Waals surface area contributed by atoms with Gasteiger partial charge in [0.25, 0.3) is 0 Å². The van der Waals surface area contributed by atoms with Gasteiger partial charge < -0.3 is 16.2 Å². The third kappa shape index (κ3) is 10.2. The number of nitrogens with one attached hydrogen (secondary N) is 1. The van der Waals surface area contributed by atoms with Gasteiger partial charge >= 0.3 is 5.97 Å². The fourth-order valence-electron chi connectivity index (χ4n) is 1.07. The highest BCUT2D eigenvalue weighted by Gasteiger charge is 2.16. The third-order valence-electron chi connectivity index (χ3n) is 2.10. The number of amides is 1. The van der Waals surface area contributed by atoms with E-state index >= 15 is 0 Å². The molecule has 0 spiro atoms. The monoisotopic (exact) mass is 324 g/mol. The van der Waals surface area contributed by atoms with Crippen molar-refractivity contribution in [2.75, 3.05) is 23.5 Å². The van der Waals surface area contributed by atoms with Crippen molar-refractivity contribution in [1.29, 1.82) is 0 Å². The van der Waals surface area contributed by atoms with Crippen LogP contribution in [0.4, 0.5) is 0 Å². The van der Waals surface area contributed by atoms with Crippen molar-refractivity contribution in [2.24, 2.45) is 5.73 Å². The zero-order valence-corrected chi connectivity index (χ0v) is 13.3. The Morgan fingerprint density at radius 1 is 1.47 bits per heavy atom. The molecule has 0 aliphatic rings. The Balaban J connectivity index is 3.90. The topological polar surface area (TPSA) is 92.4 Å². The molecule has 1 amide bonds. The number of carbonyl (C=O) groups is 2. The Morgan fingerprint density at radius 3 is 2.68 bits per heavy atom. The summed E-state index contributed by atoms with van der Waals surface area (Å²) in [5, 5.41) is 11.3. The number of carboxylic acids is 1. The average Bonchev–Trinajstić information content (AvgIpc) is 2.38. The molecule has 19 heavy (non-hydrogen) atoms. The number of carboxylic acid groups (broad SMARTS) is 1. The molecule has 2 atom stereocenters. The molecule has 0 fully saturated rings. The van der Waals surface area contributed by atoms with Crippen LogP contribution in [0.25, 0.3) is 0 Å². The van der Waals surface area contributed by atoms with E-state index in [1.54, 1.807) is 17.8 Å². The highest BCUT2D eigenvalue weighted by molar-refractivity contribution is 8.76. The highest BCUT2D eigenvalue weighted by Crippen LogP contribution is 2.21. The lowest BCUT2D eigenvalue weighted by atomic mass is 10.2. The van der Waals surface area contributed by atoms with Crippen molar-refractivity contribution in [3.05, 3.63) is 12.7 Å². The normalized spacial score (nSPS) is 13.6. The summed E-state index contributed by atoms with van der Waals surface area (Å²) in [6.07, 6.45) is 4.53. The van der Waals surface area contributed by atoms with Gasteiger partial charge in [0.15, 0.2) is 0 Å². The molecule has 0 radical (unpaired) electrons. The molecular formula is C11H20N2O3S3. The van der Waals surface area contributed by atoms with Crippen LogP contribution in [0.2, 0.25) is 0 Å². The average molecular weight is 324 g/mol. The largest absolute Gasteiger partial charge is 0.481 e. The molecule has 0 bridgehead atoms. The first-order valence-corrected chi connectivity index (χ1v) is 9.53. The van der Waals surface area contributed by atoms with E-state index in [-0.39, 0.29) is 17.7 Å². The maximum absolute atomic E-state index is 11.8. The molecule has 0 rings (SSSR count). The summed E-state index contributed by atoms with van der Waals surface area (Å²) < 4.78 is 0. The first kappa shape index (κ1) is 18.7. The van der Waals surface area contributed by atoms with Gasteiger partial charge in [-0.1, -0.05) is 27.7 Å². The van der Waals surface area contributed by atoms with Crippen LogP contribution >= 0.6 is 33.3 Å². The number of carbonyl (C=O) groups excluding carboxylic acids is 1. The van der Waals surface area contributed by atoms with Crippen LogP contribution in [-0.4, -0.2) is 52.6 Å². The van der Waals surface area contributed by atoms with Gasteiger partial charge in [-0.05, 0) is 18.4 Å². The summed E-state index contributed by atoms with van der Waals surface area (Å²) >= 11 is 1.71. The molecular weight excluding hydrogens is 304 g/mol. The first-order valence-electron chi connectivity index (χ1n) is 5.65. The Kier molecular flexibility index (Phi) is 11.3. The minimum absolute atomic E-state index is 0.00200. The number of aliphatic carboxylic acids is 1. The van der Waals surface area contributed by atoms with E-state index in [9.17, 15) is 9.59 Å². The summed E-state index contributed by atoms with van der Waals surface area (Å²) in [6, 6.07) is -0.703. The van der Waals surface area contributed by atoms with Gasteiger partial charge in [0, 0.05) is 11.8 Å². The summed E-state index contributed by atoms with van der Waals surface area (Å²) in [5.41, 5.74) is 5.73. The molecule has 0 saturated heterocycles. The lowest BCUT2D eigenvalue weighted by molar-refractivity contribution is -0.133. The summed E-state index contributed by atoms with van der Waals surface area (Å²) in [4.78, 5) is 22.1. The molecule has 0 heterocycles. The van der Waals surface area contributed by atoms with Crippen molar-refractivity contribution in [3.63, 3.8) is 0 Å². The van der Waals surface area contributed by atoms with E-state index in [2.05, 4.69) is 11.9 Å². The molecule has 5 nitrogen and oxygen atoms in total. The van der Waals surface area contributed by atoms with Crippen molar-refractivity contribution in [1.82, 2.24) is 5.32 Å². The Morgan fingerprint density at radius 2 is 2.16 bits per heavy atom. The molecule has 8 heteroatoms. The number of thioether (sulfide) groups is 1. The number of rotatable bonds is 11. The van der Waals surface area contributed by atoms with E-state index < -0.39 is 12.0 Å². The predicted octanol–water partition coefficient (Wildman–Crippen LogP) is 1.20. The zero-order chi connectivity index (χ0) is 14.7. The smallest absolute Gasteiger partial charge is 0.314 e. The van der Waals surface area contributed by atoms with Crippen molar-refractivity contribution in [3.8, 4) is 0 Å². The fraction of sp³-hybridized carbons (Fsp3) is 0.636. The molecule has 0 aromatic rings. The molecule has 0 aliphatic carbocycles. The SMILES string of the molecule is C=CC(CCSC)NC(=O)C(N)CSSCC(=O)O. The number of nitrogens with two attached hydrogens (primary N) is 1. The van der Waals surface area contributed by atoms with Gasteiger partial charge in [-0.2, -0.15) is 11.8 Å². The Hall–Kier alpha value is -0.310. The molecule has 4 N–H and O–H groups in total. The lowest BCUT2D eigenvalue weighted by Crippen LogP contribution is -2.46. The predicted molar refractivity (Wildman–Crippen MR) is 85.7 cm³/mol. The van der Waals surface area contributed by atoms with Crippen LogP contribution < -0.4 is 11.1 Å². The second-order valence-corrected chi connectivity index (χ2v) is 7.17. The molecule has 0 aromatic carbocycles. The molecule has 0 aromatic heterocycles. The first-order chi connectivity index (χ1) is 9.01. The molecule has 110 valence electrons. The van der Waals surface area contributed by atoms with Crippen LogP contribution in [0.5, 0.6) is 0 Å². The fourth-order valence-corrected chi connectivity index (χ4v) is 3.42. The maximum atomic E-state index is 11.8. The quantitative estimate of drug-likeness (QED) is 0.299. The van der Waals surface area contributed by atoms with Crippen molar-refractivity contribution >= 4 is 45.2 Å². The minimum Gasteiger partial charge on any atom is -0.481 e. The van der Waals surface area contributed by atoms with E-state index in [1.807, 2.05) is 6.26 Å². The second kappa shape index (κ2) is 11.5. The van der Waals surface area contributed by atoms with Crippen LogP contribution in [-0.2, 0) is 9.59 Å². The Bertz CT molecular complexity index is 303. The van der Waals surface area contributed by atoms with Gasteiger partial charge in [0.1, 0.15) is 5.75 Å². The van der Waals surface area contributed by atoms with Crippen LogP contribution in [0.15, 0.2) is 12.7 Å². The molecule has 0 saturated carbocycles. The number of hydrogen-bond donors (Lipinski definition) is 3. The summed E-state index contributed by atoms with van der Waals surface area (Å²) in [6.45, 7) is 3.68. The van der Waals surface area contributed by atoms with Gasteiger partial charge in [0.2, 0.25) is 5.91 Å². The van der Waals surface area contributed by atoms with Crippen LogP contribution in [0.1, 0.15) is 6.42 Å². The maximum Gasteiger partial charge on any atom is 0.314 e. The van der Waals surface area contributed by atoms with Gasteiger partial charge in [-0.25, -0.2) is 0 Å². The van der Waals surface area contributed by atoms with E-state index in [4.69, 9.17) is 10.8 Å². The second-order valence-electron chi connectivity index (χ2n) is 3.68. The van der Waals surface area contributed by atoms with Crippen LogP contribution in [0, 0.1) is 0 Å².